The predicted octanol–water partition coefficient (Wildman–Crippen LogP) is 2.18. The van der Waals surface area contributed by atoms with Gasteiger partial charge in [-0.1, -0.05) is 0 Å². The van der Waals surface area contributed by atoms with Crippen molar-refractivity contribution in [1.82, 2.24) is 4.98 Å². The number of nitrogen functional groups attached to an aromatic ring is 1. The summed E-state index contributed by atoms with van der Waals surface area (Å²) in [6.07, 6.45) is 1.43. The van der Waals surface area contributed by atoms with Crippen molar-refractivity contribution in [3.8, 4) is 11.5 Å². The Bertz CT molecular complexity index is 760. The minimum absolute atomic E-state index is 0.365. The van der Waals surface area contributed by atoms with Crippen LogP contribution in [0.4, 0.5) is 5.69 Å². The van der Waals surface area contributed by atoms with E-state index in [4.69, 9.17) is 15.9 Å². The van der Waals surface area contributed by atoms with Crippen LogP contribution in [0.5, 0.6) is 0 Å². The summed E-state index contributed by atoms with van der Waals surface area (Å²) in [6, 6.07) is 10.6. The first-order chi connectivity index (χ1) is 9.13. The first-order valence-corrected chi connectivity index (χ1v) is 5.69. The molecule has 0 aliphatic heterocycles. The van der Waals surface area contributed by atoms with Gasteiger partial charge in [0.2, 0.25) is 5.91 Å². The summed E-state index contributed by atoms with van der Waals surface area (Å²) in [5.74, 6) is 0.119. The molecule has 1 aromatic carbocycles. The van der Waals surface area contributed by atoms with E-state index in [0.29, 0.717) is 22.7 Å². The molecule has 5 nitrogen and oxygen atoms in total. The number of rotatable bonds is 2. The van der Waals surface area contributed by atoms with Crippen molar-refractivity contribution in [3.05, 3.63) is 48.2 Å². The number of pyridine rings is 1. The third-order valence-electron chi connectivity index (χ3n) is 2.84. The van der Waals surface area contributed by atoms with Crippen LogP contribution in [-0.2, 0) is 0 Å². The third kappa shape index (κ3) is 2.01. The number of anilines is 1. The smallest absolute Gasteiger partial charge is 0.250 e. The molecule has 0 aliphatic carbocycles. The van der Waals surface area contributed by atoms with Crippen molar-refractivity contribution < 1.29 is 9.21 Å². The molecule has 2 heterocycles. The molecule has 1 amide bonds. The zero-order valence-corrected chi connectivity index (χ0v) is 9.96. The van der Waals surface area contributed by atoms with Gasteiger partial charge in [0.1, 0.15) is 11.3 Å². The van der Waals surface area contributed by atoms with Crippen LogP contribution in [0.25, 0.3) is 22.4 Å². The largest absolute Gasteiger partial charge is 0.454 e. The molecule has 0 saturated heterocycles. The lowest BCUT2D eigenvalue weighted by atomic mass is 10.2. The SMILES string of the molecule is NC(=O)c1ccc(-c2cc3cc(N)ccc3o2)nc1. The van der Waals surface area contributed by atoms with E-state index in [1.54, 1.807) is 18.2 Å². The second-order valence-electron chi connectivity index (χ2n) is 4.20. The Labute approximate surface area is 108 Å². The number of benzene rings is 1. The van der Waals surface area contributed by atoms with Gasteiger partial charge in [0.05, 0.1) is 5.56 Å². The number of hydrogen-bond acceptors (Lipinski definition) is 4. The highest BCUT2D eigenvalue weighted by Gasteiger charge is 2.08. The third-order valence-corrected chi connectivity index (χ3v) is 2.84. The lowest BCUT2D eigenvalue weighted by molar-refractivity contribution is 0.1000. The molecule has 4 N–H and O–H groups in total. The van der Waals surface area contributed by atoms with Gasteiger partial charge in [-0.2, -0.15) is 0 Å². The second kappa shape index (κ2) is 4.13. The van der Waals surface area contributed by atoms with E-state index in [0.717, 1.165) is 11.0 Å². The monoisotopic (exact) mass is 253 g/mol. The van der Waals surface area contributed by atoms with Crippen LogP contribution >= 0.6 is 0 Å². The van der Waals surface area contributed by atoms with Crippen molar-refractivity contribution >= 4 is 22.6 Å². The summed E-state index contributed by atoms with van der Waals surface area (Å²) in [5, 5.41) is 0.913. The van der Waals surface area contributed by atoms with Crippen molar-refractivity contribution in [1.29, 1.82) is 0 Å². The van der Waals surface area contributed by atoms with Crippen LogP contribution in [0.3, 0.4) is 0 Å². The topological polar surface area (TPSA) is 95.1 Å². The Balaban J connectivity index is 2.06. The van der Waals surface area contributed by atoms with Gasteiger partial charge in [-0.3, -0.25) is 9.78 Å². The highest BCUT2D eigenvalue weighted by atomic mass is 16.3. The Morgan fingerprint density at radius 1 is 1.16 bits per heavy atom. The molecular formula is C14H11N3O2. The van der Waals surface area contributed by atoms with Crippen LogP contribution in [0.1, 0.15) is 10.4 Å². The van der Waals surface area contributed by atoms with Crippen LogP contribution in [-0.4, -0.2) is 10.9 Å². The van der Waals surface area contributed by atoms with E-state index in [2.05, 4.69) is 4.98 Å². The molecule has 0 aliphatic rings. The zero-order valence-electron chi connectivity index (χ0n) is 9.96. The van der Waals surface area contributed by atoms with E-state index in [9.17, 15) is 4.79 Å². The lowest BCUT2D eigenvalue weighted by Crippen LogP contribution is -2.10. The number of furan rings is 1. The van der Waals surface area contributed by atoms with Gasteiger partial charge in [0, 0.05) is 17.3 Å². The first-order valence-electron chi connectivity index (χ1n) is 5.69. The number of carbonyl (C=O) groups is 1. The predicted molar refractivity (Wildman–Crippen MR) is 72.4 cm³/mol. The fraction of sp³-hybridized carbons (Fsp3) is 0. The second-order valence-corrected chi connectivity index (χ2v) is 4.20. The molecule has 0 fully saturated rings. The van der Waals surface area contributed by atoms with Gasteiger partial charge in [-0.05, 0) is 36.4 Å². The summed E-state index contributed by atoms with van der Waals surface area (Å²) in [6.45, 7) is 0. The Morgan fingerprint density at radius 2 is 2.00 bits per heavy atom. The van der Waals surface area contributed by atoms with Gasteiger partial charge in [0.15, 0.2) is 5.76 Å². The molecule has 0 bridgehead atoms. The van der Waals surface area contributed by atoms with E-state index >= 15 is 0 Å². The van der Waals surface area contributed by atoms with Crippen LogP contribution in [0, 0.1) is 0 Å². The summed E-state index contributed by atoms with van der Waals surface area (Å²) in [5.41, 5.74) is 13.3. The molecule has 0 spiro atoms. The highest BCUT2D eigenvalue weighted by molar-refractivity contribution is 5.92. The minimum atomic E-state index is -0.503. The Hall–Kier alpha value is -2.82. The molecule has 94 valence electrons. The van der Waals surface area contributed by atoms with E-state index in [-0.39, 0.29) is 0 Å². The number of nitrogens with two attached hydrogens (primary N) is 2. The Kier molecular flexibility index (Phi) is 2.45. The van der Waals surface area contributed by atoms with Crippen molar-refractivity contribution in [2.75, 3.05) is 5.73 Å². The van der Waals surface area contributed by atoms with Gasteiger partial charge < -0.3 is 15.9 Å². The summed E-state index contributed by atoms with van der Waals surface area (Å²) in [4.78, 5) is 15.1. The number of nitrogens with zero attached hydrogens (tertiary/aromatic N) is 1. The van der Waals surface area contributed by atoms with E-state index in [1.165, 1.54) is 6.20 Å². The Morgan fingerprint density at radius 3 is 2.68 bits per heavy atom. The molecule has 3 aromatic rings. The number of carbonyl (C=O) groups excluding carboxylic acids is 1. The zero-order chi connectivity index (χ0) is 13.4. The van der Waals surface area contributed by atoms with Gasteiger partial charge in [-0.25, -0.2) is 0 Å². The van der Waals surface area contributed by atoms with Gasteiger partial charge in [-0.15, -0.1) is 0 Å². The average molecular weight is 253 g/mol. The molecule has 2 aromatic heterocycles. The molecule has 0 unspecified atom stereocenters. The number of amides is 1. The number of hydrogen-bond donors (Lipinski definition) is 2. The van der Waals surface area contributed by atoms with Crippen LogP contribution in [0.15, 0.2) is 47.0 Å². The van der Waals surface area contributed by atoms with Crippen LogP contribution in [0.2, 0.25) is 0 Å². The van der Waals surface area contributed by atoms with Crippen molar-refractivity contribution in [3.63, 3.8) is 0 Å². The molecule has 19 heavy (non-hydrogen) atoms. The molecule has 5 heteroatoms. The molecule has 0 radical (unpaired) electrons. The number of primary amides is 1. The fourth-order valence-corrected chi connectivity index (χ4v) is 1.87. The molecule has 3 rings (SSSR count). The minimum Gasteiger partial charge on any atom is -0.454 e. The summed E-state index contributed by atoms with van der Waals surface area (Å²) in [7, 11) is 0. The van der Waals surface area contributed by atoms with Crippen molar-refractivity contribution in [2.24, 2.45) is 5.73 Å². The maximum absolute atomic E-state index is 11.0. The maximum atomic E-state index is 11.0. The summed E-state index contributed by atoms with van der Waals surface area (Å²) >= 11 is 0. The molecule has 0 saturated carbocycles. The summed E-state index contributed by atoms with van der Waals surface area (Å²) < 4.78 is 5.68. The first kappa shape index (κ1) is 11.3. The van der Waals surface area contributed by atoms with Gasteiger partial charge in [0.25, 0.3) is 0 Å². The standard InChI is InChI=1S/C14H11N3O2/c15-10-2-4-12-9(5-10)6-13(19-12)11-3-1-8(7-17-11)14(16)18/h1-7H,15H2,(H2,16,18). The number of aromatic nitrogens is 1. The normalized spacial score (nSPS) is 10.7. The quantitative estimate of drug-likeness (QED) is 0.684. The highest BCUT2D eigenvalue weighted by Crippen LogP contribution is 2.27. The maximum Gasteiger partial charge on any atom is 0.250 e. The fourth-order valence-electron chi connectivity index (χ4n) is 1.87. The molecular weight excluding hydrogens is 242 g/mol. The number of fused-ring (bicyclic) bond motifs is 1. The van der Waals surface area contributed by atoms with Gasteiger partial charge >= 0.3 is 0 Å². The van der Waals surface area contributed by atoms with Crippen LogP contribution < -0.4 is 11.5 Å². The molecule has 0 atom stereocenters. The lowest BCUT2D eigenvalue weighted by Gasteiger charge is -1.97. The van der Waals surface area contributed by atoms with E-state index < -0.39 is 5.91 Å². The van der Waals surface area contributed by atoms with Crippen molar-refractivity contribution in [2.45, 2.75) is 0 Å². The average Bonchev–Trinajstić information content (AvgIpc) is 2.81. The van der Waals surface area contributed by atoms with E-state index in [1.807, 2.05) is 18.2 Å².